The molecule has 2 N–H and O–H groups in total. The highest BCUT2D eigenvalue weighted by Gasteiger charge is 2.39. The summed E-state index contributed by atoms with van der Waals surface area (Å²) in [5.74, 6) is -0.778. The Hall–Kier alpha value is -2.34. The molecule has 1 fully saturated rings. The van der Waals surface area contributed by atoms with E-state index in [1.807, 2.05) is 12.1 Å². The zero-order chi connectivity index (χ0) is 15.0. The van der Waals surface area contributed by atoms with Crippen LogP contribution in [0.25, 0.3) is 10.9 Å². The van der Waals surface area contributed by atoms with Crippen molar-refractivity contribution in [3.05, 3.63) is 36.0 Å². The lowest BCUT2D eigenvalue weighted by Crippen LogP contribution is -2.41. The SMILES string of the molecule is COC(=O)C1CC(O)CN1C(=O)c1ccc2cc[nH]c2c1. The van der Waals surface area contributed by atoms with Crippen molar-refractivity contribution in [2.24, 2.45) is 0 Å². The van der Waals surface area contributed by atoms with Crippen molar-refractivity contribution >= 4 is 22.8 Å². The van der Waals surface area contributed by atoms with E-state index in [2.05, 4.69) is 4.98 Å². The number of ether oxygens (including phenoxy) is 1. The van der Waals surface area contributed by atoms with Gasteiger partial charge in [-0.25, -0.2) is 4.79 Å². The van der Waals surface area contributed by atoms with E-state index in [1.165, 1.54) is 12.0 Å². The van der Waals surface area contributed by atoms with Crippen molar-refractivity contribution in [2.45, 2.75) is 18.6 Å². The summed E-state index contributed by atoms with van der Waals surface area (Å²) in [6.45, 7) is 0.140. The number of aromatic amines is 1. The fourth-order valence-corrected chi connectivity index (χ4v) is 2.74. The first kappa shape index (κ1) is 13.6. The molecule has 1 amide bonds. The van der Waals surface area contributed by atoms with Crippen LogP contribution in [-0.4, -0.2) is 52.7 Å². The van der Waals surface area contributed by atoms with Crippen LogP contribution in [0.15, 0.2) is 30.5 Å². The number of methoxy groups -OCH3 is 1. The molecule has 2 unspecified atom stereocenters. The molecule has 2 aromatic rings. The maximum Gasteiger partial charge on any atom is 0.328 e. The van der Waals surface area contributed by atoms with Gasteiger partial charge < -0.3 is 19.7 Å². The van der Waals surface area contributed by atoms with Crippen LogP contribution < -0.4 is 0 Å². The molecule has 21 heavy (non-hydrogen) atoms. The molecular weight excluding hydrogens is 272 g/mol. The average Bonchev–Trinajstić information content (AvgIpc) is 3.10. The monoisotopic (exact) mass is 288 g/mol. The van der Waals surface area contributed by atoms with Crippen LogP contribution in [-0.2, 0) is 9.53 Å². The second-order valence-electron chi connectivity index (χ2n) is 5.17. The Morgan fingerprint density at radius 3 is 2.95 bits per heavy atom. The molecule has 110 valence electrons. The van der Waals surface area contributed by atoms with E-state index in [9.17, 15) is 14.7 Å². The number of fused-ring (bicyclic) bond motifs is 1. The fraction of sp³-hybridized carbons (Fsp3) is 0.333. The summed E-state index contributed by atoms with van der Waals surface area (Å²) < 4.78 is 4.71. The fourth-order valence-electron chi connectivity index (χ4n) is 2.74. The molecule has 2 heterocycles. The second-order valence-corrected chi connectivity index (χ2v) is 5.17. The number of H-pyrrole nitrogens is 1. The number of nitrogens with zero attached hydrogens (tertiary/aromatic N) is 1. The Morgan fingerprint density at radius 2 is 2.19 bits per heavy atom. The molecule has 6 heteroatoms. The van der Waals surface area contributed by atoms with E-state index in [0.717, 1.165) is 10.9 Å². The van der Waals surface area contributed by atoms with E-state index >= 15 is 0 Å². The predicted molar refractivity (Wildman–Crippen MR) is 75.8 cm³/mol. The Kier molecular flexibility index (Phi) is 3.39. The van der Waals surface area contributed by atoms with Gasteiger partial charge in [-0.15, -0.1) is 0 Å². The van der Waals surface area contributed by atoms with Crippen molar-refractivity contribution < 1.29 is 19.4 Å². The Morgan fingerprint density at radius 1 is 1.38 bits per heavy atom. The van der Waals surface area contributed by atoms with E-state index in [-0.39, 0.29) is 18.9 Å². The maximum atomic E-state index is 12.6. The van der Waals surface area contributed by atoms with Gasteiger partial charge in [-0.1, -0.05) is 6.07 Å². The first-order valence-corrected chi connectivity index (χ1v) is 6.74. The zero-order valence-corrected chi connectivity index (χ0v) is 11.6. The minimum Gasteiger partial charge on any atom is -0.467 e. The molecule has 0 saturated carbocycles. The number of rotatable bonds is 2. The first-order valence-electron chi connectivity index (χ1n) is 6.74. The van der Waals surface area contributed by atoms with Crippen molar-refractivity contribution in [1.82, 2.24) is 9.88 Å². The number of benzene rings is 1. The largest absolute Gasteiger partial charge is 0.467 e. The summed E-state index contributed by atoms with van der Waals surface area (Å²) >= 11 is 0. The number of esters is 1. The number of likely N-dealkylation sites (tertiary alicyclic amines) is 1. The molecule has 2 atom stereocenters. The molecule has 1 aliphatic heterocycles. The highest BCUT2D eigenvalue weighted by atomic mass is 16.5. The van der Waals surface area contributed by atoms with Gasteiger partial charge in [0.15, 0.2) is 0 Å². The lowest BCUT2D eigenvalue weighted by molar-refractivity contribution is -0.145. The van der Waals surface area contributed by atoms with Crippen LogP contribution in [0.5, 0.6) is 0 Å². The summed E-state index contributed by atoms with van der Waals surface area (Å²) in [6, 6.07) is 6.50. The molecule has 6 nitrogen and oxygen atoms in total. The zero-order valence-electron chi connectivity index (χ0n) is 11.6. The number of hydrogen-bond donors (Lipinski definition) is 2. The van der Waals surface area contributed by atoms with E-state index in [4.69, 9.17) is 4.74 Å². The minimum atomic E-state index is -0.725. The number of carbonyl (C=O) groups is 2. The lowest BCUT2D eigenvalue weighted by Gasteiger charge is -2.22. The van der Waals surface area contributed by atoms with Gasteiger partial charge in [-0.3, -0.25) is 4.79 Å². The Bertz CT molecular complexity index is 694. The number of aliphatic hydroxyl groups excluding tert-OH is 1. The van der Waals surface area contributed by atoms with E-state index < -0.39 is 18.1 Å². The normalized spacial score (nSPS) is 21.7. The number of carbonyl (C=O) groups excluding carboxylic acids is 2. The maximum absolute atomic E-state index is 12.6. The predicted octanol–water partition coefficient (Wildman–Crippen LogP) is 0.916. The molecule has 0 aliphatic carbocycles. The third kappa shape index (κ3) is 2.38. The Labute approximate surface area is 121 Å². The van der Waals surface area contributed by atoms with Crippen molar-refractivity contribution in [3.63, 3.8) is 0 Å². The summed E-state index contributed by atoms with van der Waals surface area (Å²) in [7, 11) is 1.28. The first-order chi connectivity index (χ1) is 10.1. The van der Waals surface area contributed by atoms with Crippen molar-refractivity contribution in [1.29, 1.82) is 0 Å². The summed E-state index contributed by atoms with van der Waals surface area (Å²) in [5, 5.41) is 10.8. The number of amides is 1. The van der Waals surface area contributed by atoms with Gasteiger partial charge in [-0.05, 0) is 23.6 Å². The van der Waals surface area contributed by atoms with Crippen LogP contribution in [0.4, 0.5) is 0 Å². The molecular formula is C15H16N2O4. The van der Waals surface area contributed by atoms with Gasteiger partial charge in [0.05, 0.1) is 13.2 Å². The van der Waals surface area contributed by atoms with Gasteiger partial charge in [-0.2, -0.15) is 0 Å². The second kappa shape index (κ2) is 5.21. The third-order valence-electron chi connectivity index (χ3n) is 3.82. The molecule has 0 radical (unpaired) electrons. The van der Waals surface area contributed by atoms with Crippen molar-refractivity contribution in [3.8, 4) is 0 Å². The molecule has 1 aromatic heterocycles. The average molecular weight is 288 g/mol. The van der Waals surface area contributed by atoms with Crippen LogP contribution in [0.3, 0.4) is 0 Å². The number of β-amino-alcohol motifs (C(OH)–C–C–N with tert-alkyl or cyclic N) is 1. The lowest BCUT2D eigenvalue weighted by atomic mass is 10.1. The van der Waals surface area contributed by atoms with Crippen LogP contribution >= 0.6 is 0 Å². The van der Waals surface area contributed by atoms with Gasteiger partial charge in [0.1, 0.15) is 6.04 Å². The van der Waals surface area contributed by atoms with Crippen LogP contribution in [0.2, 0.25) is 0 Å². The molecule has 0 bridgehead atoms. The molecule has 1 aliphatic rings. The van der Waals surface area contributed by atoms with Crippen LogP contribution in [0, 0.1) is 0 Å². The molecule has 0 spiro atoms. The van der Waals surface area contributed by atoms with Gasteiger partial charge in [0.25, 0.3) is 5.91 Å². The highest BCUT2D eigenvalue weighted by molar-refractivity contribution is 6.00. The number of hydrogen-bond acceptors (Lipinski definition) is 4. The van der Waals surface area contributed by atoms with Gasteiger partial charge in [0.2, 0.25) is 0 Å². The van der Waals surface area contributed by atoms with Gasteiger partial charge in [0, 0.05) is 30.2 Å². The summed E-state index contributed by atoms with van der Waals surface area (Å²) in [4.78, 5) is 28.7. The number of aromatic nitrogens is 1. The molecule has 1 saturated heterocycles. The van der Waals surface area contributed by atoms with Crippen LogP contribution in [0.1, 0.15) is 16.8 Å². The minimum absolute atomic E-state index is 0.140. The van der Waals surface area contributed by atoms with Gasteiger partial charge >= 0.3 is 5.97 Å². The van der Waals surface area contributed by atoms with E-state index in [0.29, 0.717) is 5.56 Å². The molecule has 3 rings (SSSR count). The smallest absolute Gasteiger partial charge is 0.328 e. The topological polar surface area (TPSA) is 82.6 Å². The highest BCUT2D eigenvalue weighted by Crippen LogP contribution is 2.23. The number of nitrogens with one attached hydrogen (secondary N) is 1. The number of aliphatic hydroxyl groups is 1. The third-order valence-corrected chi connectivity index (χ3v) is 3.82. The quantitative estimate of drug-likeness (QED) is 0.805. The molecule has 1 aromatic carbocycles. The van der Waals surface area contributed by atoms with Crippen molar-refractivity contribution in [2.75, 3.05) is 13.7 Å². The Balaban J connectivity index is 1.90. The summed E-state index contributed by atoms with van der Waals surface area (Å²) in [5.41, 5.74) is 1.34. The van der Waals surface area contributed by atoms with E-state index in [1.54, 1.807) is 18.3 Å². The summed E-state index contributed by atoms with van der Waals surface area (Å²) in [6.07, 6.45) is 1.31. The standard InChI is InChI=1S/C15H16N2O4/c1-21-15(20)13-7-11(18)8-17(13)14(19)10-3-2-9-4-5-16-12(9)6-10/h2-6,11,13,16,18H,7-8H2,1H3.